The van der Waals surface area contributed by atoms with Gasteiger partial charge in [0, 0.05) is 12.1 Å². The van der Waals surface area contributed by atoms with Gasteiger partial charge in [0.2, 0.25) is 0 Å². The lowest BCUT2D eigenvalue weighted by molar-refractivity contribution is 0.0291. The maximum Gasteiger partial charge on any atom is 0.0777 e. The minimum absolute atomic E-state index is 0.0567. The quantitative estimate of drug-likeness (QED) is 0.857. The molecule has 2 heteroatoms. The van der Waals surface area contributed by atoms with Crippen LogP contribution in [0.15, 0.2) is 30.3 Å². The molecule has 1 aromatic carbocycles. The Hall–Kier alpha value is -0.860. The van der Waals surface area contributed by atoms with E-state index in [0.717, 1.165) is 6.42 Å². The molecule has 0 aliphatic heterocycles. The second kappa shape index (κ2) is 4.67. The Labute approximate surface area is 110 Å². The Kier molecular flexibility index (Phi) is 3.52. The predicted octanol–water partition coefficient (Wildman–Crippen LogP) is 2.93. The van der Waals surface area contributed by atoms with E-state index in [1.165, 1.54) is 5.56 Å². The molecule has 2 nitrogen and oxygen atoms in total. The van der Waals surface area contributed by atoms with Crippen LogP contribution in [0.25, 0.3) is 0 Å². The first-order valence-electron chi connectivity index (χ1n) is 6.82. The first-order valence-corrected chi connectivity index (χ1v) is 6.82. The molecule has 0 saturated heterocycles. The van der Waals surface area contributed by atoms with Crippen molar-refractivity contribution >= 4 is 0 Å². The molecular weight excluding hydrogens is 222 g/mol. The van der Waals surface area contributed by atoms with E-state index in [1.54, 1.807) is 0 Å². The average molecular weight is 247 g/mol. The molecule has 0 amide bonds. The summed E-state index contributed by atoms with van der Waals surface area (Å²) in [6, 6.07) is 10.5. The van der Waals surface area contributed by atoms with Gasteiger partial charge in [0.1, 0.15) is 0 Å². The van der Waals surface area contributed by atoms with Crippen LogP contribution in [-0.2, 0) is 0 Å². The summed E-state index contributed by atoms with van der Waals surface area (Å²) in [7, 11) is 0. The van der Waals surface area contributed by atoms with Gasteiger partial charge in [-0.3, -0.25) is 0 Å². The van der Waals surface area contributed by atoms with Gasteiger partial charge in [-0.1, -0.05) is 30.3 Å². The van der Waals surface area contributed by atoms with E-state index in [2.05, 4.69) is 50.4 Å². The first kappa shape index (κ1) is 13.6. The number of rotatable bonds is 4. The summed E-state index contributed by atoms with van der Waals surface area (Å²) in [5.74, 6) is 0.915. The van der Waals surface area contributed by atoms with Crippen molar-refractivity contribution in [3.05, 3.63) is 35.9 Å². The van der Waals surface area contributed by atoms with Crippen LogP contribution in [0.3, 0.4) is 0 Å². The van der Waals surface area contributed by atoms with Crippen LogP contribution in [-0.4, -0.2) is 22.8 Å². The Bertz CT molecular complexity index is 391. The highest BCUT2D eigenvalue weighted by Gasteiger charge is 2.49. The van der Waals surface area contributed by atoms with Gasteiger partial charge in [-0.2, -0.15) is 0 Å². The summed E-state index contributed by atoms with van der Waals surface area (Å²) in [4.78, 5) is 0. The minimum atomic E-state index is -0.617. The molecule has 0 spiro atoms. The number of aliphatic hydroxyl groups is 1. The zero-order valence-corrected chi connectivity index (χ0v) is 11.9. The molecule has 1 aromatic rings. The van der Waals surface area contributed by atoms with E-state index >= 15 is 0 Å². The standard InChI is InChI=1S/C16H25NO/c1-15(2,3)17-11-16(4,18)14-10-13(14)12-8-6-5-7-9-12/h5-9,13-14,17-18H,10-11H2,1-4H3. The molecule has 3 atom stereocenters. The predicted molar refractivity (Wildman–Crippen MR) is 75.7 cm³/mol. The van der Waals surface area contributed by atoms with Crippen molar-refractivity contribution in [1.82, 2.24) is 5.32 Å². The number of hydrogen-bond donors (Lipinski definition) is 2. The Morgan fingerprint density at radius 2 is 1.78 bits per heavy atom. The van der Waals surface area contributed by atoms with Crippen LogP contribution < -0.4 is 5.32 Å². The molecule has 1 aliphatic carbocycles. The second-order valence-corrected chi connectivity index (χ2v) is 6.82. The lowest BCUT2D eigenvalue weighted by Gasteiger charge is -2.30. The molecule has 0 aromatic heterocycles. The summed E-state index contributed by atoms with van der Waals surface area (Å²) in [6.45, 7) is 9.00. The Balaban J connectivity index is 1.94. The second-order valence-electron chi connectivity index (χ2n) is 6.82. The summed E-state index contributed by atoms with van der Waals surface area (Å²) in [5, 5.41) is 14.0. The molecule has 2 rings (SSSR count). The normalized spacial score (nSPS) is 26.7. The molecule has 100 valence electrons. The van der Waals surface area contributed by atoms with Crippen molar-refractivity contribution in [1.29, 1.82) is 0 Å². The average Bonchev–Trinajstić information content (AvgIpc) is 3.07. The topological polar surface area (TPSA) is 32.3 Å². The van der Waals surface area contributed by atoms with Gasteiger partial charge in [0.05, 0.1) is 5.60 Å². The van der Waals surface area contributed by atoms with Gasteiger partial charge < -0.3 is 10.4 Å². The fourth-order valence-corrected chi connectivity index (χ4v) is 2.53. The molecule has 18 heavy (non-hydrogen) atoms. The SMILES string of the molecule is CC(C)(C)NCC(C)(O)C1CC1c1ccccc1. The lowest BCUT2D eigenvalue weighted by atomic mass is 9.95. The van der Waals surface area contributed by atoms with Gasteiger partial charge in [0.25, 0.3) is 0 Å². The van der Waals surface area contributed by atoms with Crippen LogP contribution in [0.5, 0.6) is 0 Å². The van der Waals surface area contributed by atoms with Crippen LogP contribution in [0.4, 0.5) is 0 Å². The molecule has 2 N–H and O–H groups in total. The highest BCUT2D eigenvalue weighted by molar-refractivity contribution is 5.27. The zero-order chi connectivity index (χ0) is 13.4. The molecule has 1 fully saturated rings. The maximum atomic E-state index is 10.6. The number of benzene rings is 1. The highest BCUT2D eigenvalue weighted by atomic mass is 16.3. The van der Waals surface area contributed by atoms with Crippen molar-refractivity contribution in [3.8, 4) is 0 Å². The third kappa shape index (κ3) is 3.33. The van der Waals surface area contributed by atoms with Gasteiger partial charge >= 0.3 is 0 Å². The molecule has 3 unspecified atom stereocenters. The third-order valence-electron chi connectivity index (χ3n) is 3.79. The largest absolute Gasteiger partial charge is 0.389 e. The van der Waals surface area contributed by atoms with E-state index in [9.17, 15) is 5.11 Å². The summed E-state index contributed by atoms with van der Waals surface area (Å²) < 4.78 is 0. The van der Waals surface area contributed by atoms with E-state index < -0.39 is 5.60 Å². The molecule has 0 radical (unpaired) electrons. The first-order chi connectivity index (χ1) is 8.30. The number of nitrogens with one attached hydrogen (secondary N) is 1. The molecular formula is C16H25NO. The number of hydrogen-bond acceptors (Lipinski definition) is 2. The summed E-state index contributed by atoms with van der Waals surface area (Å²) in [6.07, 6.45) is 1.10. The van der Waals surface area contributed by atoms with Crippen molar-refractivity contribution in [2.75, 3.05) is 6.54 Å². The fourth-order valence-electron chi connectivity index (χ4n) is 2.53. The monoisotopic (exact) mass is 247 g/mol. The van der Waals surface area contributed by atoms with E-state index in [4.69, 9.17) is 0 Å². The van der Waals surface area contributed by atoms with E-state index in [-0.39, 0.29) is 5.54 Å². The van der Waals surface area contributed by atoms with Crippen LogP contribution in [0.2, 0.25) is 0 Å². The molecule has 1 saturated carbocycles. The summed E-state index contributed by atoms with van der Waals surface area (Å²) in [5.41, 5.74) is 0.799. The molecule has 0 heterocycles. The Morgan fingerprint density at radius 1 is 1.17 bits per heavy atom. The molecule has 0 bridgehead atoms. The van der Waals surface area contributed by atoms with Gasteiger partial charge in [-0.05, 0) is 51.5 Å². The summed E-state index contributed by atoms with van der Waals surface area (Å²) >= 11 is 0. The van der Waals surface area contributed by atoms with Gasteiger partial charge in [-0.15, -0.1) is 0 Å². The van der Waals surface area contributed by atoms with Gasteiger partial charge in [0.15, 0.2) is 0 Å². The van der Waals surface area contributed by atoms with Gasteiger partial charge in [-0.25, -0.2) is 0 Å². The third-order valence-corrected chi connectivity index (χ3v) is 3.79. The fraction of sp³-hybridized carbons (Fsp3) is 0.625. The van der Waals surface area contributed by atoms with Crippen LogP contribution >= 0.6 is 0 Å². The maximum absolute atomic E-state index is 10.6. The lowest BCUT2D eigenvalue weighted by Crippen LogP contribution is -2.47. The van der Waals surface area contributed by atoms with Crippen LogP contribution in [0, 0.1) is 5.92 Å². The van der Waals surface area contributed by atoms with E-state index in [0.29, 0.717) is 18.4 Å². The Morgan fingerprint density at radius 3 is 2.33 bits per heavy atom. The van der Waals surface area contributed by atoms with Crippen molar-refractivity contribution in [2.45, 2.75) is 51.2 Å². The smallest absolute Gasteiger partial charge is 0.0777 e. The molecule has 1 aliphatic rings. The van der Waals surface area contributed by atoms with Crippen LogP contribution in [0.1, 0.15) is 45.6 Å². The highest BCUT2D eigenvalue weighted by Crippen LogP contribution is 2.53. The van der Waals surface area contributed by atoms with Crippen molar-refractivity contribution < 1.29 is 5.11 Å². The van der Waals surface area contributed by atoms with Crippen molar-refractivity contribution in [3.63, 3.8) is 0 Å². The zero-order valence-electron chi connectivity index (χ0n) is 11.9. The van der Waals surface area contributed by atoms with E-state index in [1.807, 2.05) is 13.0 Å². The van der Waals surface area contributed by atoms with Crippen molar-refractivity contribution in [2.24, 2.45) is 5.92 Å². The number of β-amino-alcohol motifs (C(OH)–C–C–N with tert-alkyl or cyclic N) is 1. The minimum Gasteiger partial charge on any atom is -0.389 e.